The Balaban J connectivity index is 0. The Bertz CT molecular complexity index is 62.1. The van der Waals surface area contributed by atoms with E-state index >= 15 is 0 Å². The van der Waals surface area contributed by atoms with Crippen molar-refractivity contribution in [2.75, 3.05) is 6.26 Å². The summed E-state index contributed by atoms with van der Waals surface area (Å²) >= 11 is 5.83. The first-order valence-electron chi connectivity index (χ1n) is 3.02. The molecule has 0 unspecified atom stereocenters. The maximum Gasteiger partial charge on any atom is 0.130 e. The van der Waals surface area contributed by atoms with E-state index in [9.17, 15) is 0 Å². The maximum absolute atomic E-state index is 4.99. The first-order chi connectivity index (χ1) is 4.18. The number of hydrogen-bond donors (Lipinski definition) is 1. The molecule has 0 heterocycles. The zero-order valence-electron chi connectivity index (χ0n) is 6.31. The minimum absolute atomic E-state index is 0.505. The maximum atomic E-state index is 4.99. The van der Waals surface area contributed by atoms with E-state index in [1.54, 1.807) is 0 Å². The average Bonchev–Trinajstić information content (AvgIpc) is 1.89. The van der Waals surface area contributed by atoms with Crippen molar-refractivity contribution in [3.63, 3.8) is 0 Å². The van der Waals surface area contributed by atoms with E-state index in [-0.39, 0.29) is 0 Å². The molecule has 2 N–H and O–H groups in total. The van der Waals surface area contributed by atoms with Crippen molar-refractivity contribution < 1.29 is 0 Å². The number of unbranched alkanes of at least 4 members (excludes halogenated alkanes) is 1. The molecule has 0 saturated heterocycles. The van der Waals surface area contributed by atoms with Gasteiger partial charge in [0.1, 0.15) is 4.32 Å². The summed E-state index contributed by atoms with van der Waals surface area (Å²) in [5.74, 6) is 0. The van der Waals surface area contributed by atoms with Crippen LogP contribution >= 0.6 is 24.0 Å². The Hall–Kier alpha value is 0.240. The van der Waals surface area contributed by atoms with E-state index in [4.69, 9.17) is 5.73 Å². The standard InChI is InChI=1S/C4H10.C2H5NS2/c1-3-4-2;1-5-2(3)4/h3-4H2,1-2H3;1H3,(H2,3,4). The van der Waals surface area contributed by atoms with Gasteiger partial charge in [-0.05, 0) is 6.26 Å². The fraction of sp³-hybridized carbons (Fsp3) is 0.833. The molecule has 0 aromatic heterocycles. The van der Waals surface area contributed by atoms with Gasteiger partial charge in [0, 0.05) is 0 Å². The van der Waals surface area contributed by atoms with Gasteiger partial charge >= 0.3 is 0 Å². The lowest BCUT2D eigenvalue weighted by Gasteiger charge is -1.78. The molecular weight excluding hydrogens is 150 g/mol. The van der Waals surface area contributed by atoms with Gasteiger partial charge in [0.25, 0.3) is 0 Å². The SMILES string of the molecule is CCCC.CSC(N)=S. The third kappa shape index (κ3) is 30.6. The lowest BCUT2D eigenvalue weighted by atomic mass is 10.4. The smallest absolute Gasteiger partial charge is 0.130 e. The topological polar surface area (TPSA) is 26.0 Å². The lowest BCUT2D eigenvalue weighted by Crippen LogP contribution is -1.98. The van der Waals surface area contributed by atoms with Gasteiger partial charge in [-0.25, -0.2) is 0 Å². The number of thiocarbonyl (C=S) groups is 1. The fourth-order valence-corrected chi connectivity index (χ4v) is 0. The Morgan fingerprint density at radius 3 is 1.67 bits per heavy atom. The minimum Gasteiger partial charge on any atom is -0.385 e. The van der Waals surface area contributed by atoms with E-state index in [1.165, 1.54) is 24.6 Å². The van der Waals surface area contributed by atoms with Crippen molar-refractivity contribution in [3.8, 4) is 0 Å². The quantitative estimate of drug-likeness (QED) is 0.604. The number of rotatable bonds is 1. The lowest BCUT2D eigenvalue weighted by molar-refractivity contribution is 0.886. The first kappa shape index (κ1) is 12.0. The van der Waals surface area contributed by atoms with Gasteiger partial charge in [-0.3, -0.25) is 0 Å². The summed E-state index contributed by atoms with van der Waals surface area (Å²) < 4.78 is 0.505. The van der Waals surface area contributed by atoms with Crippen molar-refractivity contribution in [3.05, 3.63) is 0 Å². The summed E-state index contributed by atoms with van der Waals surface area (Å²) in [6.07, 6.45) is 4.49. The van der Waals surface area contributed by atoms with Crippen LogP contribution in [-0.2, 0) is 0 Å². The minimum atomic E-state index is 0.505. The predicted molar refractivity (Wildman–Crippen MR) is 50.9 cm³/mol. The van der Waals surface area contributed by atoms with Gasteiger partial charge in [-0.15, -0.1) is 11.8 Å². The summed E-state index contributed by atoms with van der Waals surface area (Å²) in [6.45, 7) is 4.36. The number of hydrogen-bond acceptors (Lipinski definition) is 2. The molecule has 0 aliphatic carbocycles. The van der Waals surface area contributed by atoms with Crippen molar-refractivity contribution in [2.24, 2.45) is 5.73 Å². The predicted octanol–water partition coefficient (Wildman–Crippen LogP) is 2.40. The third-order valence-electron chi connectivity index (χ3n) is 0.701. The summed E-state index contributed by atoms with van der Waals surface area (Å²) in [4.78, 5) is 0. The van der Waals surface area contributed by atoms with Crippen LogP contribution in [0.2, 0.25) is 0 Å². The largest absolute Gasteiger partial charge is 0.385 e. The molecule has 0 atom stereocenters. The zero-order valence-corrected chi connectivity index (χ0v) is 7.94. The zero-order chi connectivity index (χ0) is 7.70. The van der Waals surface area contributed by atoms with Crippen LogP contribution < -0.4 is 5.73 Å². The van der Waals surface area contributed by atoms with Crippen LogP contribution in [0.1, 0.15) is 26.7 Å². The van der Waals surface area contributed by atoms with Crippen molar-refractivity contribution >= 4 is 28.3 Å². The normalized spacial score (nSPS) is 7.44. The Morgan fingerprint density at radius 2 is 1.67 bits per heavy atom. The van der Waals surface area contributed by atoms with Gasteiger partial charge in [-0.1, -0.05) is 38.9 Å². The molecule has 56 valence electrons. The second kappa shape index (κ2) is 11.1. The van der Waals surface area contributed by atoms with Crippen LogP contribution in [0.15, 0.2) is 0 Å². The molecule has 0 aromatic rings. The molecule has 0 aromatic carbocycles. The molecule has 0 aliphatic rings. The molecule has 3 heteroatoms. The molecule has 0 radical (unpaired) electrons. The van der Waals surface area contributed by atoms with E-state index in [0.29, 0.717) is 4.32 Å². The summed E-state index contributed by atoms with van der Waals surface area (Å²) in [6, 6.07) is 0. The molecule has 1 nitrogen and oxygen atoms in total. The fourth-order valence-electron chi connectivity index (χ4n) is 0. The highest BCUT2D eigenvalue weighted by Gasteiger charge is 1.71. The van der Waals surface area contributed by atoms with Crippen LogP contribution in [0.3, 0.4) is 0 Å². The van der Waals surface area contributed by atoms with Crippen LogP contribution in [-0.4, -0.2) is 10.6 Å². The van der Waals surface area contributed by atoms with Crippen molar-refractivity contribution in [2.45, 2.75) is 26.7 Å². The van der Waals surface area contributed by atoms with Gasteiger partial charge in [0.15, 0.2) is 0 Å². The molecule has 0 amide bonds. The molecule has 0 fully saturated rings. The monoisotopic (exact) mass is 165 g/mol. The second-order valence-electron chi connectivity index (χ2n) is 1.52. The van der Waals surface area contributed by atoms with Gasteiger partial charge in [0.05, 0.1) is 0 Å². The molecule has 9 heavy (non-hydrogen) atoms. The van der Waals surface area contributed by atoms with Gasteiger partial charge < -0.3 is 5.73 Å². The second-order valence-corrected chi connectivity index (χ2v) is 3.07. The first-order valence-corrected chi connectivity index (χ1v) is 4.65. The molecule has 0 rings (SSSR count). The Morgan fingerprint density at radius 1 is 1.44 bits per heavy atom. The highest BCUT2D eigenvalue weighted by Crippen LogP contribution is 1.86. The number of thioether (sulfide) groups is 1. The Kier molecular flexibility index (Phi) is 14.8. The van der Waals surface area contributed by atoms with Gasteiger partial charge in [-0.2, -0.15) is 0 Å². The molecular formula is C6H15NS2. The highest BCUT2D eigenvalue weighted by atomic mass is 32.2. The van der Waals surface area contributed by atoms with Crippen LogP contribution in [0.25, 0.3) is 0 Å². The van der Waals surface area contributed by atoms with Crippen molar-refractivity contribution in [1.82, 2.24) is 0 Å². The molecule has 0 bridgehead atoms. The van der Waals surface area contributed by atoms with Crippen molar-refractivity contribution in [1.29, 1.82) is 0 Å². The summed E-state index contributed by atoms with van der Waals surface area (Å²) in [7, 11) is 0. The highest BCUT2D eigenvalue weighted by molar-refractivity contribution is 8.22. The van der Waals surface area contributed by atoms with Crippen LogP contribution in [0.5, 0.6) is 0 Å². The van der Waals surface area contributed by atoms with Crippen LogP contribution in [0, 0.1) is 0 Å². The summed E-state index contributed by atoms with van der Waals surface area (Å²) in [5, 5.41) is 0. The van der Waals surface area contributed by atoms with Gasteiger partial charge in [0.2, 0.25) is 0 Å². The summed E-state index contributed by atoms with van der Waals surface area (Å²) in [5.41, 5.74) is 4.99. The average molecular weight is 165 g/mol. The van der Waals surface area contributed by atoms with Crippen LogP contribution in [0.4, 0.5) is 0 Å². The third-order valence-corrected chi connectivity index (χ3v) is 1.60. The number of nitrogens with two attached hydrogens (primary N) is 1. The molecule has 0 saturated carbocycles. The Labute approximate surface area is 67.4 Å². The van der Waals surface area contributed by atoms with E-state index in [2.05, 4.69) is 26.1 Å². The van der Waals surface area contributed by atoms with E-state index in [1.807, 2.05) is 6.26 Å². The molecule has 0 spiro atoms. The molecule has 0 aliphatic heterocycles. The van der Waals surface area contributed by atoms with E-state index < -0.39 is 0 Å². The van der Waals surface area contributed by atoms with E-state index in [0.717, 1.165) is 0 Å².